The molecule has 0 aliphatic carbocycles. The number of nitriles is 1. The van der Waals surface area contributed by atoms with Gasteiger partial charge in [0.15, 0.2) is 0 Å². The van der Waals surface area contributed by atoms with Crippen LogP contribution in [-0.4, -0.2) is 25.2 Å². The molecule has 1 atom stereocenters. The van der Waals surface area contributed by atoms with E-state index in [0.717, 1.165) is 0 Å². The molecule has 0 bridgehead atoms. The summed E-state index contributed by atoms with van der Waals surface area (Å²) in [6.07, 6.45) is 0. The predicted molar refractivity (Wildman–Crippen MR) is 120 cm³/mol. The van der Waals surface area contributed by atoms with Crippen LogP contribution in [0.25, 0.3) is 0 Å². The van der Waals surface area contributed by atoms with E-state index in [0.29, 0.717) is 16.3 Å². The van der Waals surface area contributed by atoms with Gasteiger partial charge in [-0.15, -0.1) is 0 Å². The third kappa shape index (κ3) is 4.32. The highest BCUT2D eigenvalue weighted by molar-refractivity contribution is 6.30. The van der Waals surface area contributed by atoms with Gasteiger partial charge >= 0.3 is 11.9 Å². The lowest BCUT2D eigenvalue weighted by Gasteiger charge is -2.36. The summed E-state index contributed by atoms with van der Waals surface area (Å²) in [6, 6.07) is 17.5. The Hall–Kier alpha value is -3.76. The lowest BCUT2D eigenvalue weighted by atomic mass is 9.81. The minimum atomic E-state index is -0.900. The van der Waals surface area contributed by atoms with E-state index >= 15 is 0 Å². The molecule has 0 radical (unpaired) electrons. The van der Waals surface area contributed by atoms with Crippen molar-refractivity contribution in [2.75, 3.05) is 18.1 Å². The van der Waals surface area contributed by atoms with Crippen LogP contribution in [0.15, 0.2) is 77.3 Å². The Morgan fingerprint density at radius 1 is 1.03 bits per heavy atom. The number of hydrogen-bond donors (Lipinski definition) is 1. The summed E-state index contributed by atoms with van der Waals surface area (Å²) in [7, 11) is 0. The molecule has 7 nitrogen and oxygen atoms in total. The van der Waals surface area contributed by atoms with E-state index in [1.807, 2.05) is 6.07 Å². The van der Waals surface area contributed by atoms with Crippen LogP contribution in [0.3, 0.4) is 0 Å². The Bertz CT molecular complexity index is 1120. The summed E-state index contributed by atoms with van der Waals surface area (Å²) in [4.78, 5) is 27.7. The topological polar surface area (TPSA) is 106 Å². The first-order chi connectivity index (χ1) is 15.4. The molecule has 2 aromatic carbocycles. The van der Waals surface area contributed by atoms with Crippen LogP contribution in [-0.2, 0) is 19.1 Å². The van der Waals surface area contributed by atoms with E-state index in [-0.39, 0.29) is 35.9 Å². The highest BCUT2D eigenvalue weighted by Crippen LogP contribution is 2.43. The molecule has 3 rings (SSSR count). The summed E-state index contributed by atoms with van der Waals surface area (Å²) in [5.74, 6) is -2.38. The number of esters is 2. The lowest BCUT2D eigenvalue weighted by molar-refractivity contribution is -0.142. The molecule has 8 heteroatoms. The molecule has 1 heterocycles. The van der Waals surface area contributed by atoms with Crippen LogP contribution in [0.1, 0.15) is 25.3 Å². The average Bonchev–Trinajstić information content (AvgIpc) is 2.79. The number of ether oxygens (including phenoxy) is 2. The van der Waals surface area contributed by atoms with Crippen LogP contribution in [0.5, 0.6) is 0 Å². The second kappa shape index (κ2) is 10.0. The van der Waals surface area contributed by atoms with Crippen molar-refractivity contribution in [2.24, 2.45) is 5.73 Å². The highest BCUT2D eigenvalue weighted by atomic mass is 35.5. The molecule has 0 saturated heterocycles. The SMILES string of the molecule is CCOC(=O)C1=C(C(=O)OCC)N(c2ccc(Cl)cc2)C(N)=C(C#N)C1c1ccccc1. The summed E-state index contributed by atoms with van der Waals surface area (Å²) in [5.41, 5.74) is 7.50. The zero-order chi connectivity index (χ0) is 23.3. The molecule has 2 aromatic rings. The molecule has 1 unspecified atom stereocenters. The predicted octanol–water partition coefficient (Wildman–Crippen LogP) is 4.02. The van der Waals surface area contributed by atoms with Gasteiger partial charge in [0.1, 0.15) is 11.5 Å². The second-order valence-corrected chi connectivity index (χ2v) is 7.21. The number of hydrogen-bond acceptors (Lipinski definition) is 7. The number of benzene rings is 2. The quantitative estimate of drug-likeness (QED) is 0.661. The molecule has 1 aliphatic heterocycles. The first-order valence-corrected chi connectivity index (χ1v) is 10.4. The van der Waals surface area contributed by atoms with Crippen LogP contribution < -0.4 is 10.6 Å². The fourth-order valence-corrected chi connectivity index (χ4v) is 3.70. The van der Waals surface area contributed by atoms with E-state index in [1.54, 1.807) is 62.4 Å². The summed E-state index contributed by atoms with van der Waals surface area (Å²) < 4.78 is 10.6. The molecular formula is C24H22ClN3O4. The Balaban J connectivity index is 2.38. The van der Waals surface area contributed by atoms with Crippen LogP contribution in [0.4, 0.5) is 5.69 Å². The van der Waals surface area contributed by atoms with Crippen molar-refractivity contribution >= 4 is 29.2 Å². The number of halogens is 1. The summed E-state index contributed by atoms with van der Waals surface area (Å²) in [6.45, 7) is 3.49. The minimum absolute atomic E-state index is 0.0137. The number of anilines is 1. The molecule has 0 saturated carbocycles. The standard InChI is InChI=1S/C24H22ClN3O4/c1-3-31-23(29)20-19(15-8-6-5-7-9-15)18(14-26)22(27)28(21(20)24(30)32-4-2)17-12-10-16(25)11-13-17/h5-13,19H,3-4,27H2,1-2H3. The van der Waals surface area contributed by atoms with Gasteiger partial charge < -0.3 is 15.2 Å². The van der Waals surface area contributed by atoms with Gasteiger partial charge in [0, 0.05) is 10.7 Å². The molecule has 0 spiro atoms. The third-order valence-electron chi connectivity index (χ3n) is 4.88. The van der Waals surface area contributed by atoms with Gasteiger partial charge in [-0.2, -0.15) is 5.26 Å². The molecule has 0 fully saturated rings. The molecule has 0 amide bonds. The van der Waals surface area contributed by atoms with Crippen LogP contribution >= 0.6 is 11.6 Å². The van der Waals surface area contributed by atoms with Crippen molar-refractivity contribution < 1.29 is 19.1 Å². The maximum absolute atomic E-state index is 13.2. The van der Waals surface area contributed by atoms with E-state index in [9.17, 15) is 14.9 Å². The maximum Gasteiger partial charge on any atom is 0.355 e. The van der Waals surface area contributed by atoms with E-state index in [2.05, 4.69) is 6.07 Å². The number of nitrogens with zero attached hydrogens (tertiary/aromatic N) is 2. The number of rotatable bonds is 6. The summed E-state index contributed by atoms with van der Waals surface area (Å²) >= 11 is 6.02. The minimum Gasteiger partial charge on any atom is -0.463 e. The average molecular weight is 452 g/mol. The first-order valence-electron chi connectivity index (χ1n) is 10.0. The van der Waals surface area contributed by atoms with Crippen molar-refractivity contribution in [3.8, 4) is 6.07 Å². The van der Waals surface area contributed by atoms with E-state index in [1.165, 1.54) is 4.90 Å². The van der Waals surface area contributed by atoms with Crippen LogP contribution in [0.2, 0.25) is 5.02 Å². The third-order valence-corrected chi connectivity index (χ3v) is 5.13. The van der Waals surface area contributed by atoms with Crippen molar-refractivity contribution in [3.05, 3.63) is 87.8 Å². The first kappa shape index (κ1) is 22.9. The van der Waals surface area contributed by atoms with Gasteiger partial charge in [0.2, 0.25) is 0 Å². The van der Waals surface area contributed by atoms with Gasteiger partial charge in [0.25, 0.3) is 0 Å². The van der Waals surface area contributed by atoms with Crippen molar-refractivity contribution in [1.82, 2.24) is 0 Å². The Morgan fingerprint density at radius 3 is 2.19 bits per heavy atom. The van der Waals surface area contributed by atoms with Gasteiger partial charge in [-0.1, -0.05) is 41.9 Å². The lowest BCUT2D eigenvalue weighted by Crippen LogP contribution is -2.41. The Kier molecular flexibility index (Phi) is 7.18. The highest BCUT2D eigenvalue weighted by Gasteiger charge is 2.43. The molecule has 2 N–H and O–H groups in total. The van der Waals surface area contributed by atoms with Gasteiger partial charge in [-0.05, 0) is 43.7 Å². The number of allylic oxidation sites excluding steroid dienone is 1. The molecule has 1 aliphatic rings. The van der Waals surface area contributed by atoms with Crippen LogP contribution in [0, 0.1) is 11.3 Å². The molecule has 164 valence electrons. The van der Waals surface area contributed by atoms with Gasteiger partial charge in [-0.3, -0.25) is 4.90 Å². The van der Waals surface area contributed by atoms with Crippen molar-refractivity contribution in [3.63, 3.8) is 0 Å². The Morgan fingerprint density at radius 2 is 1.62 bits per heavy atom. The zero-order valence-electron chi connectivity index (χ0n) is 17.7. The zero-order valence-corrected chi connectivity index (χ0v) is 18.4. The largest absolute Gasteiger partial charge is 0.463 e. The van der Waals surface area contributed by atoms with Crippen molar-refractivity contribution in [1.29, 1.82) is 5.26 Å². The van der Waals surface area contributed by atoms with E-state index in [4.69, 9.17) is 26.8 Å². The molecule has 32 heavy (non-hydrogen) atoms. The Labute approximate surface area is 191 Å². The van der Waals surface area contributed by atoms with E-state index < -0.39 is 17.9 Å². The van der Waals surface area contributed by atoms with Crippen molar-refractivity contribution in [2.45, 2.75) is 19.8 Å². The number of carbonyl (C=O) groups is 2. The molecular weight excluding hydrogens is 430 g/mol. The molecule has 0 aromatic heterocycles. The number of carbonyl (C=O) groups excluding carboxylic acids is 2. The normalized spacial score (nSPS) is 15.9. The van der Waals surface area contributed by atoms with Gasteiger partial charge in [0.05, 0.1) is 36.3 Å². The fraction of sp³-hybridized carbons (Fsp3) is 0.208. The smallest absolute Gasteiger partial charge is 0.355 e. The maximum atomic E-state index is 13.2. The monoisotopic (exact) mass is 451 g/mol. The second-order valence-electron chi connectivity index (χ2n) is 6.77. The van der Waals surface area contributed by atoms with Gasteiger partial charge in [-0.25, -0.2) is 9.59 Å². The number of nitrogens with two attached hydrogens (primary N) is 1. The summed E-state index contributed by atoms with van der Waals surface area (Å²) in [5, 5.41) is 10.5. The fourth-order valence-electron chi connectivity index (χ4n) is 3.57.